The largest absolute Gasteiger partial charge is 0.493 e. The number of carbonyl (C=O) groups is 2. The summed E-state index contributed by atoms with van der Waals surface area (Å²) in [4.78, 5) is 29.2. The Kier molecular flexibility index (Phi) is 8.70. The summed E-state index contributed by atoms with van der Waals surface area (Å²) in [5.74, 6) is 0.0104. The SMILES string of the molecule is COC(=O)C1C2CC3c4cc(OC)c(OC)cc4CCN3CC2CC(O)C1OC(=O)c1cc(OC)c(OC)c(OC)c1. The van der Waals surface area contributed by atoms with E-state index in [4.69, 9.17) is 33.2 Å². The van der Waals surface area contributed by atoms with Crippen molar-refractivity contribution in [2.24, 2.45) is 17.8 Å². The summed E-state index contributed by atoms with van der Waals surface area (Å²) in [6.45, 7) is 1.57. The number of hydrogen-bond acceptors (Lipinski definition) is 11. The second kappa shape index (κ2) is 12.3. The van der Waals surface area contributed by atoms with E-state index in [1.54, 1.807) is 14.2 Å². The van der Waals surface area contributed by atoms with Crippen molar-refractivity contribution in [1.82, 2.24) is 4.90 Å². The van der Waals surface area contributed by atoms with E-state index in [2.05, 4.69) is 4.90 Å². The molecule has 11 heteroatoms. The second-order valence-corrected chi connectivity index (χ2v) is 11.0. The van der Waals surface area contributed by atoms with Gasteiger partial charge < -0.3 is 38.3 Å². The monoisotopic (exact) mass is 585 g/mol. The first-order valence-corrected chi connectivity index (χ1v) is 14.0. The lowest BCUT2D eigenvalue weighted by Gasteiger charge is -2.52. The van der Waals surface area contributed by atoms with Gasteiger partial charge in [-0.25, -0.2) is 4.79 Å². The van der Waals surface area contributed by atoms with Crippen molar-refractivity contribution in [3.8, 4) is 28.7 Å². The van der Waals surface area contributed by atoms with Crippen LogP contribution in [0.5, 0.6) is 28.7 Å². The number of aliphatic hydroxyl groups is 1. The maximum Gasteiger partial charge on any atom is 0.338 e. The molecule has 1 N–H and O–H groups in total. The maximum atomic E-state index is 13.5. The highest BCUT2D eigenvalue weighted by molar-refractivity contribution is 5.91. The molecular formula is C31H39NO10. The summed E-state index contributed by atoms with van der Waals surface area (Å²) in [5, 5.41) is 11.3. The van der Waals surface area contributed by atoms with Crippen LogP contribution in [0.15, 0.2) is 24.3 Å². The third-order valence-corrected chi connectivity index (χ3v) is 9.04. The summed E-state index contributed by atoms with van der Waals surface area (Å²) in [5.41, 5.74) is 2.46. The highest BCUT2D eigenvalue weighted by atomic mass is 16.6. The van der Waals surface area contributed by atoms with Gasteiger partial charge in [-0.3, -0.25) is 9.69 Å². The highest BCUT2D eigenvalue weighted by Gasteiger charge is 2.54. The normalized spacial score (nSPS) is 26.5. The van der Waals surface area contributed by atoms with Crippen molar-refractivity contribution in [3.05, 3.63) is 41.0 Å². The van der Waals surface area contributed by atoms with Crippen LogP contribution in [0.4, 0.5) is 0 Å². The molecule has 2 heterocycles. The molecule has 3 aliphatic rings. The van der Waals surface area contributed by atoms with Crippen molar-refractivity contribution in [2.45, 2.75) is 37.5 Å². The molecule has 2 aromatic carbocycles. The Balaban J connectivity index is 1.46. The third-order valence-electron chi connectivity index (χ3n) is 9.04. The van der Waals surface area contributed by atoms with Gasteiger partial charge in [-0.15, -0.1) is 0 Å². The Labute approximate surface area is 245 Å². The van der Waals surface area contributed by atoms with Crippen LogP contribution >= 0.6 is 0 Å². The zero-order valence-corrected chi connectivity index (χ0v) is 24.9. The molecule has 0 spiro atoms. The van der Waals surface area contributed by atoms with Crippen molar-refractivity contribution < 1.29 is 47.9 Å². The van der Waals surface area contributed by atoms with E-state index in [1.165, 1.54) is 46.1 Å². The molecule has 5 rings (SSSR count). The van der Waals surface area contributed by atoms with Crippen LogP contribution < -0.4 is 23.7 Å². The number of carbonyl (C=O) groups excluding carboxylic acids is 2. The van der Waals surface area contributed by atoms with Crippen LogP contribution in [0, 0.1) is 17.8 Å². The first kappa shape index (κ1) is 29.8. The molecule has 1 saturated heterocycles. The summed E-state index contributed by atoms with van der Waals surface area (Å²) >= 11 is 0. The van der Waals surface area contributed by atoms with Gasteiger partial charge in [0.15, 0.2) is 23.0 Å². The molecule has 6 unspecified atom stereocenters. The van der Waals surface area contributed by atoms with Gasteiger partial charge in [-0.05, 0) is 66.5 Å². The number of hydrogen-bond donors (Lipinski definition) is 1. The fourth-order valence-electron chi connectivity index (χ4n) is 7.07. The number of aliphatic hydroxyl groups excluding tert-OH is 1. The highest BCUT2D eigenvalue weighted by Crippen LogP contribution is 2.51. The smallest absolute Gasteiger partial charge is 0.338 e. The minimum absolute atomic E-state index is 0.0261. The maximum absolute atomic E-state index is 13.5. The Hall–Kier alpha value is -3.70. The number of rotatable bonds is 8. The van der Waals surface area contributed by atoms with Gasteiger partial charge in [0.25, 0.3) is 0 Å². The Morgan fingerprint density at radius 3 is 2.07 bits per heavy atom. The van der Waals surface area contributed by atoms with Crippen molar-refractivity contribution >= 4 is 11.9 Å². The molecule has 0 amide bonds. The zero-order valence-electron chi connectivity index (χ0n) is 24.9. The predicted octanol–water partition coefficient (Wildman–Crippen LogP) is 3.04. The lowest BCUT2D eigenvalue weighted by Crippen LogP contribution is -2.58. The molecule has 42 heavy (non-hydrogen) atoms. The molecule has 228 valence electrons. The molecule has 0 radical (unpaired) electrons. The van der Waals surface area contributed by atoms with Crippen molar-refractivity contribution in [1.29, 1.82) is 0 Å². The summed E-state index contributed by atoms with van der Waals surface area (Å²) in [6.07, 6.45) is -0.239. The van der Waals surface area contributed by atoms with E-state index in [1.807, 2.05) is 12.1 Å². The van der Waals surface area contributed by atoms with Crippen LogP contribution in [0.1, 0.15) is 40.4 Å². The standard InChI is InChI=1S/C31H39NO10/c1-36-23-10-16-7-8-32-15-18-9-22(33)28(42-30(34)17-11-25(38-3)29(40-5)26(12-17)39-4)27(31(35)41-6)20(18)13-21(32)19(16)14-24(23)37-2/h10-12,14,18,20-22,27-28,33H,7-9,13,15H2,1-6H3. The van der Waals surface area contributed by atoms with Crippen molar-refractivity contribution in [2.75, 3.05) is 55.7 Å². The van der Waals surface area contributed by atoms with E-state index in [0.29, 0.717) is 36.6 Å². The van der Waals surface area contributed by atoms with Gasteiger partial charge in [-0.2, -0.15) is 0 Å². The fourth-order valence-corrected chi connectivity index (χ4v) is 7.07. The molecule has 6 atom stereocenters. The van der Waals surface area contributed by atoms with E-state index < -0.39 is 30.1 Å². The van der Waals surface area contributed by atoms with Crippen LogP contribution in [-0.4, -0.2) is 89.9 Å². The number of benzene rings is 2. The molecule has 11 nitrogen and oxygen atoms in total. The molecular weight excluding hydrogens is 546 g/mol. The molecule has 0 aromatic heterocycles. The van der Waals surface area contributed by atoms with E-state index in [-0.39, 0.29) is 34.9 Å². The zero-order chi connectivity index (χ0) is 30.1. The van der Waals surface area contributed by atoms with Gasteiger partial charge in [-0.1, -0.05) is 0 Å². The summed E-state index contributed by atoms with van der Waals surface area (Å²) in [7, 11) is 8.93. The summed E-state index contributed by atoms with van der Waals surface area (Å²) in [6, 6.07) is 7.05. The number of fused-ring (bicyclic) bond motifs is 4. The number of esters is 2. The first-order valence-electron chi connectivity index (χ1n) is 14.0. The number of ether oxygens (including phenoxy) is 7. The van der Waals surface area contributed by atoms with E-state index in [9.17, 15) is 14.7 Å². The number of nitrogens with zero attached hydrogens (tertiary/aromatic N) is 1. The molecule has 2 fully saturated rings. The van der Waals surface area contributed by atoms with Gasteiger partial charge in [0.05, 0.1) is 60.2 Å². The average Bonchev–Trinajstić information content (AvgIpc) is 3.02. The number of methoxy groups -OCH3 is 6. The van der Waals surface area contributed by atoms with Gasteiger partial charge in [0, 0.05) is 19.1 Å². The lowest BCUT2D eigenvalue weighted by molar-refractivity contribution is -0.172. The average molecular weight is 586 g/mol. The van der Waals surface area contributed by atoms with Crippen LogP contribution in [0.2, 0.25) is 0 Å². The van der Waals surface area contributed by atoms with E-state index in [0.717, 1.165) is 18.5 Å². The lowest BCUT2D eigenvalue weighted by atomic mass is 9.63. The molecule has 2 aromatic rings. The van der Waals surface area contributed by atoms with Gasteiger partial charge >= 0.3 is 11.9 Å². The Morgan fingerprint density at radius 1 is 0.833 bits per heavy atom. The molecule has 0 bridgehead atoms. The summed E-state index contributed by atoms with van der Waals surface area (Å²) < 4.78 is 38.4. The van der Waals surface area contributed by atoms with E-state index >= 15 is 0 Å². The number of piperidine rings is 1. The van der Waals surface area contributed by atoms with Gasteiger partial charge in [0.2, 0.25) is 5.75 Å². The second-order valence-electron chi connectivity index (χ2n) is 11.0. The third kappa shape index (κ3) is 5.20. The molecule has 1 saturated carbocycles. The van der Waals surface area contributed by atoms with Crippen LogP contribution in [0.3, 0.4) is 0 Å². The van der Waals surface area contributed by atoms with Gasteiger partial charge in [0.1, 0.15) is 6.10 Å². The minimum Gasteiger partial charge on any atom is -0.493 e. The van der Waals surface area contributed by atoms with Crippen molar-refractivity contribution in [3.63, 3.8) is 0 Å². The Morgan fingerprint density at radius 2 is 1.48 bits per heavy atom. The quantitative estimate of drug-likeness (QED) is 0.460. The first-order chi connectivity index (χ1) is 20.3. The molecule has 1 aliphatic carbocycles. The minimum atomic E-state index is -1.09. The Bertz CT molecular complexity index is 1300. The molecule has 2 aliphatic heterocycles. The fraction of sp³-hybridized carbons (Fsp3) is 0.548. The predicted molar refractivity (Wildman–Crippen MR) is 151 cm³/mol. The van der Waals surface area contributed by atoms with Crippen LogP contribution in [0.25, 0.3) is 0 Å². The topological polar surface area (TPSA) is 122 Å². The van der Waals surface area contributed by atoms with Crippen LogP contribution in [-0.2, 0) is 20.7 Å².